The van der Waals surface area contributed by atoms with Gasteiger partial charge in [0, 0.05) is 11.6 Å². The Morgan fingerprint density at radius 3 is 2.78 bits per heavy atom. The molecule has 98 valence electrons. The monoisotopic (exact) mass is 243 g/mol. The number of hydrogen-bond donors (Lipinski definition) is 1. The molecule has 0 saturated heterocycles. The zero-order valence-corrected chi connectivity index (χ0v) is 11.5. The van der Waals surface area contributed by atoms with Gasteiger partial charge in [0.25, 0.3) is 0 Å². The maximum absolute atomic E-state index is 6.34. The van der Waals surface area contributed by atoms with Gasteiger partial charge >= 0.3 is 0 Å². The van der Waals surface area contributed by atoms with Crippen LogP contribution in [-0.2, 0) is 0 Å². The highest BCUT2D eigenvalue weighted by molar-refractivity contribution is 5.29. The predicted molar refractivity (Wildman–Crippen MR) is 76.8 cm³/mol. The van der Waals surface area contributed by atoms with Crippen LogP contribution in [0.25, 0.3) is 0 Å². The first-order valence-corrected chi connectivity index (χ1v) is 7.40. The second kappa shape index (κ2) is 4.29. The zero-order valence-electron chi connectivity index (χ0n) is 11.5. The highest BCUT2D eigenvalue weighted by Crippen LogP contribution is 2.53. The second-order valence-electron chi connectivity index (χ2n) is 6.74. The lowest BCUT2D eigenvalue weighted by atomic mass is 9.56. The van der Waals surface area contributed by atoms with Crippen molar-refractivity contribution in [2.24, 2.45) is 35.3 Å². The van der Waals surface area contributed by atoms with E-state index < -0.39 is 0 Å². The van der Waals surface area contributed by atoms with Gasteiger partial charge < -0.3 is 5.73 Å². The van der Waals surface area contributed by atoms with Crippen LogP contribution in [0.3, 0.4) is 0 Å². The van der Waals surface area contributed by atoms with Crippen LogP contribution in [-0.4, -0.2) is 0 Å². The summed E-state index contributed by atoms with van der Waals surface area (Å²) < 4.78 is 0. The maximum atomic E-state index is 6.34. The molecule has 0 aromatic heterocycles. The largest absolute Gasteiger partial charge is 0.402 e. The first-order chi connectivity index (χ1) is 8.58. The summed E-state index contributed by atoms with van der Waals surface area (Å²) in [4.78, 5) is 0. The fourth-order valence-electron chi connectivity index (χ4n) is 4.70. The van der Waals surface area contributed by atoms with Gasteiger partial charge in [0.1, 0.15) is 0 Å². The maximum Gasteiger partial charge on any atom is 0.00807 e. The Labute approximate surface area is 111 Å². The molecule has 5 atom stereocenters. The number of allylic oxidation sites excluding steroid dienone is 4. The average molecular weight is 243 g/mol. The van der Waals surface area contributed by atoms with E-state index >= 15 is 0 Å². The van der Waals surface area contributed by atoms with Crippen molar-refractivity contribution >= 4 is 0 Å². The van der Waals surface area contributed by atoms with Gasteiger partial charge in [0.05, 0.1) is 0 Å². The fourth-order valence-corrected chi connectivity index (χ4v) is 4.70. The van der Waals surface area contributed by atoms with Gasteiger partial charge in [-0.25, -0.2) is 0 Å². The molecule has 0 radical (unpaired) electrons. The lowest BCUT2D eigenvalue weighted by molar-refractivity contribution is 0.164. The molecular formula is C17H25N. The standard InChI is InChI=1S/C17H25N/c1-10-7-12(3)16-13(8-10)9-15(18)14-6-4-5-11(2)17(14)16/h9-10,13-14,16-17H,2-8,18H2,1H3/t10-,13+,14+,16-,17-/m0/s1. The van der Waals surface area contributed by atoms with Crippen molar-refractivity contribution in [2.75, 3.05) is 0 Å². The van der Waals surface area contributed by atoms with E-state index in [-0.39, 0.29) is 0 Å². The van der Waals surface area contributed by atoms with E-state index in [9.17, 15) is 0 Å². The molecule has 2 N–H and O–H groups in total. The van der Waals surface area contributed by atoms with E-state index in [1.165, 1.54) is 43.3 Å². The van der Waals surface area contributed by atoms with E-state index in [0.717, 1.165) is 11.6 Å². The summed E-state index contributed by atoms with van der Waals surface area (Å²) in [6.45, 7) is 11.1. The normalized spacial score (nSPS) is 44.1. The second-order valence-corrected chi connectivity index (χ2v) is 6.74. The molecule has 3 aliphatic rings. The highest BCUT2D eigenvalue weighted by atomic mass is 14.7. The molecule has 2 saturated carbocycles. The van der Waals surface area contributed by atoms with Crippen molar-refractivity contribution in [3.05, 3.63) is 36.1 Å². The van der Waals surface area contributed by atoms with Gasteiger partial charge in [-0.3, -0.25) is 0 Å². The van der Waals surface area contributed by atoms with Crippen LogP contribution in [0.15, 0.2) is 36.1 Å². The van der Waals surface area contributed by atoms with E-state index in [1.807, 2.05) is 0 Å². The molecule has 0 aromatic rings. The topological polar surface area (TPSA) is 26.0 Å². The Balaban J connectivity index is 1.99. The van der Waals surface area contributed by atoms with Crippen LogP contribution in [0.1, 0.15) is 39.0 Å². The van der Waals surface area contributed by atoms with E-state index in [4.69, 9.17) is 5.73 Å². The van der Waals surface area contributed by atoms with Crippen LogP contribution in [0.4, 0.5) is 0 Å². The Hall–Kier alpha value is -0.980. The minimum Gasteiger partial charge on any atom is -0.402 e. The molecule has 0 aromatic carbocycles. The van der Waals surface area contributed by atoms with E-state index in [2.05, 4.69) is 26.2 Å². The Bertz CT molecular complexity index is 417. The molecule has 0 spiro atoms. The van der Waals surface area contributed by atoms with Crippen LogP contribution in [0.2, 0.25) is 0 Å². The third-order valence-corrected chi connectivity index (χ3v) is 5.36. The molecule has 0 heterocycles. The summed E-state index contributed by atoms with van der Waals surface area (Å²) in [7, 11) is 0. The number of fused-ring (bicyclic) bond motifs is 3. The molecule has 18 heavy (non-hydrogen) atoms. The van der Waals surface area contributed by atoms with E-state index in [1.54, 1.807) is 0 Å². The summed E-state index contributed by atoms with van der Waals surface area (Å²) in [5.41, 5.74) is 10.4. The van der Waals surface area contributed by atoms with Crippen molar-refractivity contribution in [3.63, 3.8) is 0 Å². The molecule has 0 bridgehead atoms. The Kier molecular flexibility index (Phi) is 2.88. The molecule has 1 nitrogen and oxygen atoms in total. The number of nitrogens with two attached hydrogens (primary N) is 1. The van der Waals surface area contributed by atoms with Crippen LogP contribution < -0.4 is 5.73 Å². The summed E-state index contributed by atoms with van der Waals surface area (Å²) >= 11 is 0. The Morgan fingerprint density at radius 2 is 2.00 bits per heavy atom. The molecule has 0 aliphatic heterocycles. The van der Waals surface area contributed by atoms with Gasteiger partial charge in [0.15, 0.2) is 0 Å². The highest BCUT2D eigenvalue weighted by Gasteiger charge is 2.45. The number of hydrogen-bond acceptors (Lipinski definition) is 1. The summed E-state index contributed by atoms with van der Waals surface area (Å²) in [5.74, 6) is 3.16. The average Bonchev–Trinajstić information content (AvgIpc) is 2.29. The first kappa shape index (κ1) is 12.1. The van der Waals surface area contributed by atoms with Gasteiger partial charge in [-0.1, -0.05) is 37.3 Å². The molecule has 1 heteroatoms. The summed E-state index contributed by atoms with van der Waals surface area (Å²) in [6.07, 6.45) is 8.55. The molecule has 0 amide bonds. The molecular weight excluding hydrogens is 218 g/mol. The van der Waals surface area contributed by atoms with Crippen molar-refractivity contribution < 1.29 is 0 Å². The van der Waals surface area contributed by atoms with Gasteiger partial charge in [-0.05, 0) is 55.8 Å². The quantitative estimate of drug-likeness (QED) is 0.639. The third kappa shape index (κ3) is 1.75. The van der Waals surface area contributed by atoms with Crippen LogP contribution in [0, 0.1) is 29.6 Å². The molecule has 2 fully saturated rings. The van der Waals surface area contributed by atoms with Crippen molar-refractivity contribution in [3.8, 4) is 0 Å². The third-order valence-electron chi connectivity index (χ3n) is 5.36. The molecule has 3 aliphatic carbocycles. The minimum atomic E-state index is 0.553. The summed E-state index contributed by atoms with van der Waals surface area (Å²) in [6, 6.07) is 0. The van der Waals surface area contributed by atoms with Gasteiger partial charge in [0.2, 0.25) is 0 Å². The van der Waals surface area contributed by atoms with Crippen molar-refractivity contribution in [1.29, 1.82) is 0 Å². The van der Waals surface area contributed by atoms with Gasteiger partial charge in [-0.15, -0.1) is 0 Å². The van der Waals surface area contributed by atoms with Crippen molar-refractivity contribution in [1.82, 2.24) is 0 Å². The van der Waals surface area contributed by atoms with E-state index in [0.29, 0.717) is 23.7 Å². The smallest absolute Gasteiger partial charge is 0.00807 e. The molecule has 3 rings (SSSR count). The van der Waals surface area contributed by atoms with Crippen LogP contribution in [0.5, 0.6) is 0 Å². The minimum absolute atomic E-state index is 0.553. The predicted octanol–water partition coefficient (Wildman–Crippen LogP) is 4.03. The lowest BCUT2D eigenvalue weighted by Crippen LogP contribution is -2.42. The number of rotatable bonds is 0. The first-order valence-electron chi connectivity index (χ1n) is 7.40. The van der Waals surface area contributed by atoms with Crippen LogP contribution >= 0.6 is 0 Å². The Morgan fingerprint density at radius 1 is 1.22 bits per heavy atom. The van der Waals surface area contributed by atoms with Gasteiger partial charge in [-0.2, -0.15) is 0 Å². The SMILES string of the molecule is C=C1CCC[C@@H]2C(N)=C[C@H]3C[C@@H](C)CC(=C)[C@@H]3[C@@H]12. The molecule has 0 unspecified atom stereocenters. The summed E-state index contributed by atoms with van der Waals surface area (Å²) in [5, 5.41) is 0. The zero-order chi connectivity index (χ0) is 12.9. The lowest BCUT2D eigenvalue weighted by Gasteiger charge is -2.49. The fraction of sp³-hybridized carbons (Fsp3) is 0.647. The van der Waals surface area contributed by atoms with Crippen molar-refractivity contribution in [2.45, 2.75) is 39.0 Å².